The van der Waals surface area contributed by atoms with Gasteiger partial charge in [0.05, 0.1) is 9.82 Å². The Morgan fingerprint density at radius 1 is 1.19 bits per heavy atom. The number of nitro groups is 1. The van der Waals surface area contributed by atoms with Crippen LogP contribution in [0.25, 0.3) is 0 Å². The van der Waals surface area contributed by atoms with Gasteiger partial charge in [-0.25, -0.2) is 13.6 Å². The molecule has 9 nitrogen and oxygen atoms in total. The molecule has 0 saturated heterocycles. The lowest BCUT2D eigenvalue weighted by molar-refractivity contribution is -0.384. The van der Waals surface area contributed by atoms with Crippen molar-refractivity contribution < 1.29 is 13.3 Å². The number of primary sulfonamides is 1. The number of anilines is 2. The second-order valence-corrected chi connectivity index (χ2v) is 7.93. The quantitative estimate of drug-likeness (QED) is 0.324. The van der Waals surface area contributed by atoms with Crippen LogP contribution in [-0.4, -0.2) is 18.5 Å². The highest BCUT2D eigenvalue weighted by atomic mass is 32.2. The molecule has 5 N–H and O–H groups in total. The Hall–Kier alpha value is -2.76. The van der Waals surface area contributed by atoms with Gasteiger partial charge in [0, 0.05) is 11.8 Å². The topological polar surface area (TPSA) is 139 Å². The lowest BCUT2D eigenvalue weighted by Crippen LogP contribution is -2.33. The monoisotopic (exact) mass is 409 g/mol. The van der Waals surface area contributed by atoms with Gasteiger partial charge in [-0.3, -0.25) is 21.0 Å². The minimum atomic E-state index is -4.05. The minimum Gasteiger partial charge on any atom is -0.331 e. The van der Waals surface area contributed by atoms with Crippen molar-refractivity contribution in [2.75, 3.05) is 10.7 Å². The number of hydrazine groups is 1. The predicted molar refractivity (Wildman–Crippen MR) is 108 cm³/mol. The summed E-state index contributed by atoms with van der Waals surface area (Å²) in [4.78, 5) is 10.1. The van der Waals surface area contributed by atoms with Crippen LogP contribution in [0.3, 0.4) is 0 Å². The van der Waals surface area contributed by atoms with E-state index in [0.717, 1.165) is 17.8 Å². The molecule has 0 aliphatic rings. The number of nitrogens with one attached hydrogen (secondary N) is 3. The highest BCUT2D eigenvalue weighted by Gasteiger charge is 2.19. The van der Waals surface area contributed by atoms with Gasteiger partial charge in [0.25, 0.3) is 5.69 Å². The van der Waals surface area contributed by atoms with E-state index in [1.54, 1.807) is 0 Å². The molecule has 0 aromatic heterocycles. The van der Waals surface area contributed by atoms with Gasteiger partial charge >= 0.3 is 0 Å². The van der Waals surface area contributed by atoms with Crippen LogP contribution in [-0.2, 0) is 10.0 Å². The number of hydrogen-bond donors (Lipinski definition) is 4. The summed E-state index contributed by atoms with van der Waals surface area (Å²) in [6, 6.07) is 10.9. The summed E-state index contributed by atoms with van der Waals surface area (Å²) in [6.07, 6.45) is 0. The van der Waals surface area contributed by atoms with Gasteiger partial charge in [0.2, 0.25) is 10.0 Å². The predicted octanol–water partition coefficient (Wildman–Crippen LogP) is 2.68. The molecule has 0 bridgehead atoms. The average Bonchev–Trinajstić information content (AvgIpc) is 2.59. The molecule has 11 heteroatoms. The number of nitrogens with two attached hydrogens (primary N) is 1. The highest BCUT2D eigenvalue weighted by Crippen LogP contribution is 2.26. The Bertz CT molecular complexity index is 959. The van der Waals surface area contributed by atoms with Crippen molar-refractivity contribution >= 4 is 44.4 Å². The summed E-state index contributed by atoms with van der Waals surface area (Å²) in [6.45, 7) is 4.18. The Labute approximate surface area is 162 Å². The van der Waals surface area contributed by atoms with E-state index in [2.05, 4.69) is 30.0 Å². The van der Waals surface area contributed by atoms with E-state index in [1.165, 1.54) is 11.6 Å². The van der Waals surface area contributed by atoms with Crippen LogP contribution in [0.2, 0.25) is 0 Å². The van der Waals surface area contributed by atoms with Crippen LogP contribution in [0.5, 0.6) is 0 Å². The van der Waals surface area contributed by atoms with Gasteiger partial charge in [-0.1, -0.05) is 26.0 Å². The zero-order valence-corrected chi connectivity index (χ0v) is 16.2. The summed E-state index contributed by atoms with van der Waals surface area (Å²) in [5, 5.41) is 19.3. The number of rotatable bonds is 6. The van der Waals surface area contributed by atoms with Crippen LogP contribution < -0.4 is 21.3 Å². The molecule has 0 fully saturated rings. The first-order valence-electron chi connectivity index (χ1n) is 7.82. The average molecular weight is 409 g/mol. The summed E-state index contributed by atoms with van der Waals surface area (Å²) >= 11 is 5.14. The van der Waals surface area contributed by atoms with Crippen molar-refractivity contribution in [2.45, 2.75) is 24.7 Å². The molecule has 0 amide bonds. The Balaban J connectivity index is 2.07. The summed E-state index contributed by atoms with van der Waals surface area (Å²) in [5.41, 5.74) is 6.72. The lowest BCUT2D eigenvalue weighted by Gasteiger charge is -2.14. The third-order valence-electron chi connectivity index (χ3n) is 3.64. The number of nitro benzene ring substituents is 1. The van der Waals surface area contributed by atoms with Gasteiger partial charge in [-0.2, -0.15) is 0 Å². The number of nitrogens with zero attached hydrogens (tertiary/aromatic N) is 1. The fourth-order valence-electron chi connectivity index (χ4n) is 2.18. The first-order valence-corrected chi connectivity index (χ1v) is 9.77. The number of thiocarbonyl (C=S) groups is 1. The second kappa shape index (κ2) is 8.29. The van der Waals surface area contributed by atoms with Gasteiger partial charge < -0.3 is 5.32 Å². The maximum atomic E-state index is 11.3. The zero-order chi connectivity index (χ0) is 20.2. The highest BCUT2D eigenvalue weighted by molar-refractivity contribution is 7.89. The van der Waals surface area contributed by atoms with Gasteiger partial charge in [-0.15, -0.1) is 0 Å². The first kappa shape index (κ1) is 20.6. The molecule has 2 aromatic rings. The van der Waals surface area contributed by atoms with E-state index in [4.69, 9.17) is 17.4 Å². The molecule has 0 radical (unpaired) electrons. The normalized spacial score (nSPS) is 11.1. The van der Waals surface area contributed by atoms with Crippen molar-refractivity contribution in [2.24, 2.45) is 5.14 Å². The SMILES string of the molecule is CC(C)c1ccc(NC(=S)NNc2ccc(S(N)(=O)=O)cc2[N+](=O)[O-])cc1. The molecule has 27 heavy (non-hydrogen) atoms. The summed E-state index contributed by atoms with van der Waals surface area (Å²) in [7, 11) is -4.05. The van der Waals surface area contributed by atoms with E-state index in [0.29, 0.717) is 5.92 Å². The summed E-state index contributed by atoms with van der Waals surface area (Å²) in [5.74, 6) is 0.409. The van der Waals surface area contributed by atoms with Crippen molar-refractivity contribution in [3.8, 4) is 0 Å². The van der Waals surface area contributed by atoms with Crippen molar-refractivity contribution in [1.29, 1.82) is 0 Å². The molecule has 2 aromatic carbocycles. The van der Waals surface area contributed by atoms with Crippen LogP contribution >= 0.6 is 12.2 Å². The van der Waals surface area contributed by atoms with Crippen molar-refractivity contribution in [1.82, 2.24) is 5.43 Å². The molecule has 0 saturated carbocycles. The molecular weight excluding hydrogens is 390 g/mol. The van der Waals surface area contributed by atoms with E-state index < -0.39 is 20.6 Å². The standard InChI is InChI=1S/C16H19N5O4S2/c1-10(2)11-3-5-12(6-4-11)18-16(26)20-19-14-8-7-13(27(17,24)25)9-15(14)21(22)23/h3-10,19H,1-2H3,(H2,17,24,25)(H2,18,20,26). The fourth-order valence-corrected chi connectivity index (χ4v) is 2.89. The van der Waals surface area contributed by atoms with E-state index in [9.17, 15) is 18.5 Å². The molecule has 0 aliphatic carbocycles. The molecule has 0 atom stereocenters. The van der Waals surface area contributed by atoms with Crippen LogP contribution in [0.4, 0.5) is 17.1 Å². The van der Waals surface area contributed by atoms with Crippen LogP contribution in [0.15, 0.2) is 47.4 Å². The molecule has 0 aliphatic heterocycles. The van der Waals surface area contributed by atoms with Crippen molar-refractivity contribution in [3.05, 3.63) is 58.1 Å². The minimum absolute atomic E-state index is 0.0340. The van der Waals surface area contributed by atoms with Gasteiger partial charge in [0.1, 0.15) is 5.69 Å². The van der Waals surface area contributed by atoms with Crippen LogP contribution in [0.1, 0.15) is 25.3 Å². The largest absolute Gasteiger partial charge is 0.331 e. The maximum Gasteiger partial charge on any atom is 0.295 e. The van der Waals surface area contributed by atoms with Crippen molar-refractivity contribution in [3.63, 3.8) is 0 Å². The van der Waals surface area contributed by atoms with E-state index in [-0.39, 0.29) is 15.7 Å². The van der Waals surface area contributed by atoms with Crippen LogP contribution in [0, 0.1) is 10.1 Å². The molecule has 0 unspecified atom stereocenters. The molecular formula is C16H19N5O4S2. The third-order valence-corrected chi connectivity index (χ3v) is 4.76. The zero-order valence-electron chi connectivity index (χ0n) is 14.6. The molecule has 0 spiro atoms. The summed E-state index contributed by atoms with van der Waals surface area (Å²) < 4.78 is 22.7. The number of hydrogen-bond acceptors (Lipinski definition) is 6. The second-order valence-electron chi connectivity index (χ2n) is 5.96. The third kappa shape index (κ3) is 5.61. The maximum absolute atomic E-state index is 11.3. The Kier molecular flexibility index (Phi) is 6.31. The lowest BCUT2D eigenvalue weighted by atomic mass is 10.0. The van der Waals surface area contributed by atoms with Gasteiger partial charge in [0.15, 0.2) is 5.11 Å². The smallest absolute Gasteiger partial charge is 0.295 e. The van der Waals surface area contributed by atoms with E-state index >= 15 is 0 Å². The molecule has 0 heterocycles. The Morgan fingerprint density at radius 3 is 2.33 bits per heavy atom. The number of benzene rings is 2. The molecule has 144 valence electrons. The molecule has 2 rings (SSSR count). The first-order chi connectivity index (χ1) is 12.6. The Morgan fingerprint density at radius 2 is 1.81 bits per heavy atom. The number of sulfonamides is 1. The fraction of sp³-hybridized carbons (Fsp3) is 0.188. The van der Waals surface area contributed by atoms with E-state index in [1.807, 2.05) is 24.3 Å². The van der Waals surface area contributed by atoms with Gasteiger partial charge in [-0.05, 0) is 48.0 Å².